The van der Waals surface area contributed by atoms with Gasteiger partial charge < -0.3 is 9.84 Å². The zero-order valence-corrected chi connectivity index (χ0v) is 11.5. The standard InChI is InChI=1S/C16H26O2.2CH4/c1-2-3-4-5-6-7-8-15-9-11-16(12-10-15)18-14-13-17;;/h9-12,17H,2-8,13-14H2,1H3;2*1H4. The molecule has 0 saturated carbocycles. The van der Waals surface area contributed by atoms with E-state index in [-0.39, 0.29) is 21.5 Å². The predicted octanol–water partition coefficient (Wildman–Crippen LogP) is 5.23. The van der Waals surface area contributed by atoms with Crippen molar-refractivity contribution in [2.75, 3.05) is 13.2 Å². The Bertz CT molecular complexity index is 293. The number of aliphatic hydroxyl groups excluding tert-OH is 1. The highest BCUT2D eigenvalue weighted by Crippen LogP contribution is 2.14. The Morgan fingerprint density at radius 1 is 0.900 bits per heavy atom. The number of unbranched alkanes of at least 4 members (excludes halogenated alkanes) is 5. The van der Waals surface area contributed by atoms with Gasteiger partial charge in [-0.1, -0.05) is 66.0 Å². The maximum Gasteiger partial charge on any atom is 0.119 e. The van der Waals surface area contributed by atoms with E-state index >= 15 is 0 Å². The Kier molecular flexibility index (Phi) is 15.3. The third-order valence-electron chi connectivity index (χ3n) is 3.10. The molecule has 0 aliphatic heterocycles. The fourth-order valence-electron chi connectivity index (χ4n) is 2.03. The molecule has 0 heterocycles. The first-order chi connectivity index (χ1) is 8.86. The smallest absolute Gasteiger partial charge is 0.119 e. The summed E-state index contributed by atoms with van der Waals surface area (Å²) in [6.45, 7) is 2.69. The van der Waals surface area contributed by atoms with Gasteiger partial charge in [0.15, 0.2) is 0 Å². The highest BCUT2D eigenvalue weighted by Gasteiger charge is 1.96. The van der Waals surface area contributed by atoms with Crippen molar-refractivity contribution in [1.29, 1.82) is 0 Å². The number of benzene rings is 1. The fraction of sp³-hybridized carbons (Fsp3) is 0.667. The number of aryl methyl sites for hydroxylation is 1. The first kappa shape index (κ1) is 21.3. The van der Waals surface area contributed by atoms with E-state index in [9.17, 15) is 0 Å². The van der Waals surface area contributed by atoms with Gasteiger partial charge in [0.25, 0.3) is 0 Å². The van der Waals surface area contributed by atoms with Gasteiger partial charge in [0.2, 0.25) is 0 Å². The second-order valence-electron chi connectivity index (χ2n) is 4.73. The molecule has 0 unspecified atom stereocenters. The van der Waals surface area contributed by atoms with Crippen molar-refractivity contribution >= 4 is 0 Å². The van der Waals surface area contributed by atoms with Crippen molar-refractivity contribution in [3.8, 4) is 5.75 Å². The average molecular weight is 282 g/mol. The Morgan fingerprint density at radius 2 is 1.50 bits per heavy atom. The van der Waals surface area contributed by atoms with E-state index in [0.29, 0.717) is 6.61 Å². The van der Waals surface area contributed by atoms with Crippen LogP contribution >= 0.6 is 0 Å². The van der Waals surface area contributed by atoms with Gasteiger partial charge in [-0.25, -0.2) is 0 Å². The summed E-state index contributed by atoms with van der Waals surface area (Å²) in [7, 11) is 0. The van der Waals surface area contributed by atoms with Gasteiger partial charge in [-0.2, -0.15) is 0 Å². The highest BCUT2D eigenvalue weighted by molar-refractivity contribution is 5.27. The van der Waals surface area contributed by atoms with Crippen LogP contribution in [0.3, 0.4) is 0 Å². The molecule has 0 amide bonds. The summed E-state index contributed by atoms with van der Waals surface area (Å²) in [6, 6.07) is 8.22. The number of ether oxygens (including phenoxy) is 1. The van der Waals surface area contributed by atoms with Crippen molar-refractivity contribution in [2.24, 2.45) is 0 Å². The van der Waals surface area contributed by atoms with Crippen molar-refractivity contribution in [3.05, 3.63) is 29.8 Å². The van der Waals surface area contributed by atoms with E-state index in [1.807, 2.05) is 12.1 Å². The van der Waals surface area contributed by atoms with Crippen molar-refractivity contribution < 1.29 is 9.84 Å². The first-order valence-electron chi connectivity index (χ1n) is 7.19. The second-order valence-corrected chi connectivity index (χ2v) is 4.73. The highest BCUT2D eigenvalue weighted by atomic mass is 16.5. The quantitative estimate of drug-likeness (QED) is 0.595. The van der Waals surface area contributed by atoms with Gasteiger partial charge in [0, 0.05) is 0 Å². The summed E-state index contributed by atoms with van der Waals surface area (Å²) in [5.74, 6) is 0.843. The molecular weight excluding hydrogens is 248 g/mol. The van der Waals surface area contributed by atoms with E-state index in [1.54, 1.807) is 0 Å². The number of aliphatic hydroxyl groups is 1. The third kappa shape index (κ3) is 9.85. The molecule has 0 bridgehead atoms. The Morgan fingerprint density at radius 3 is 2.10 bits per heavy atom. The molecule has 2 heteroatoms. The third-order valence-corrected chi connectivity index (χ3v) is 3.10. The fourth-order valence-corrected chi connectivity index (χ4v) is 2.03. The van der Waals surface area contributed by atoms with Crippen LogP contribution < -0.4 is 4.74 Å². The molecule has 20 heavy (non-hydrogen) atoms. The van der Waals surface area contributed by atoms with Gasteiger partial charge in [-0.05, 0) is 30.5 Å². The van der Waals surface area contributed by atoms with Crippen LogP contribution in [0.1, 0.15) is 65.9 Å². The summed E-state index contributed by atoms with van der Waals surface area (Å²) in [6.07, 6.45) is 9.21. The Hall–Kier alpha value is -1.02. The molecule has 1 aromatic carbocycles. The van der Waals surface area contributed by atoms with Gasteiger partial charge in [-0.15, -0.1) is 0 Å². The zero-order valence-electron chi connectivity index (χ0n) is 11.5. The summed E-state index contributed by atoms with van der Waals surface area (Å²) in [5, 5.41) is 8.66. The Labute approximate surface area is 126 Å². The Balaban J connectivity index is 0. The molecule has 2 nitrogen and oxygen atoms in total. The lowest BCUT2D eigenvalue weighted by molar-refractivity contribution is 0.201. The monoisotopic (exact) mass is 282 g/mol. The minimum Gasteiger partial charge on any atom is -0.491 e. The predicted molar refractivity (Wildman–Crippen MR) is 89.6 cm³/mol. The van der Waals surface area contributed by atoms with Crippen LogP contribution in [0, 0.1) is 0 Å². The summed E-state index contributed by atoms with van der Waals surface area (Å²) >= 11 is 0. The van der Waals surface area contributed by atoms with Crippen LogP contribution in [0.5, 0.6) is 5.75 Å². The molecule has 0 spiro atoms. The lowest BCUT2D eigenvalue weighted by Crippen LogP contribution is -2.01. The van der Waals surface area contributed by atoms with Gasteiger partial charge in [-0.3, -0.25) is 0 Å². The largest absolute Gasteiger partial charge is 0.491 e. The molecule has 1 rings (SSSR count). The summed E-state index contributed by atoms with van der Waals surface area (Å²) in [4.78, 5) is 0. The topological polar surface area (TPSA) is 29.5 Å². The van der Waals surface area contributed by atoms with E-state index in [4.69, 9.17) is 9.84 Å². The van der Waals surface area contributed by atoms with Crippen LogP contribution in [0.15, 0.2) is 24.3 Å². The minimum absolute atomic E-state index is 0. The first-order valence-corrected chi connectivity index (χ1v) is 7.19. The molecule has 0 fully saturated rings. The van der Waals surface area contributed by atoms with Crippen molar-refractivity contribution in [1.82, 2.24) is 0 Å². The van der Waals surface area contributed by atoms with Crippen LogP contribution in [0.4, 0.5) is 0 Å². The maximum absolute atomic E-state index is 8.66. The number of rotatable bonds is 10. The van der Waals surface area contributed by atoms with Crippen molar-refractivity contribution in [2.45, 2.75) is 66.7 Å². The van der Waals surface area contributed by atoms with Gasteiger partial charge in [0.1, 0.15) is 12.4 Å². The molecular formula is C18H34O2. The molecule has 1 N–H and O–H groups in total. The zero-order chi connectivity index (χ0) is 13.1. The summed E-state index contributed by atoms with van der Waals surface area (Å²) in [5.41, 5.74) is 1.38. The minimum atomic E-state index is 0. The van der Waals surface area contributed by atoms with Gasteiger partial charge in [0.05, 0.1) is 6.61 Å². The maximum atomic E-state index is 8.66. The van der Waals surface area contributed by atoms with E-state index in [2.05, 4.69) is 19.1 Å². The van der Waals surface area contributed by atoms with E-state index in [0.717, 1.165) is 12.2 Å². The lowest BCUT2D eigenvalue weighted by Gasteiger charge is -2.06. The molecule has 118 valence electrons. The molecule has 0 atom stereocenters. The number of hydrogen-bond donors (Lipinski definition) is 1. The average Bonchev–Trinajstić information content (AvgIpc) is 2.42. The molecule has 0 saturated heterocycles. The van der Waals surface area contributed by atoms with Crippen molar-refractivity contribution in [3.63, 3.8) is 0 Å². The van der Waals surface area contributed by atoms with Crippen LogP contribution in [-0.4, -0.2) is 18.3 Å². The SMILES string of the molecule is C.C.CCCCCCCCc1ccc(OCCO)cc1. The molecule has 1 aromatic rings. The molecule has 0 radical (unpaired) electrons. The second kappa shape index (κ2) is 14.4. The summed E-state index contributed by atoms with van der Waals surface area (Å²) < 4.78 is 5.33. The number of hydrogen-bond acceptors (Lipinski definition) is 2. The van der Waals surface area contributed by atoms with Crippen LogP contribution in [0.25, 0.3) is 0 Å². The lowest BCUT2D eigenvalue weighted by atomic mass is 10.0. The molecule has 0 aromatic heterocycles. The normalized spacial score (nSPS) is 9.50. The van der Waals surface area contributed by atoms with Crippen LogP contribution in [-0.2, 0) is 6.42 Å². The van der Waals surface area contributed by atoms with E-state index < -0.39 is 0 Å². The molecule has 0 aliphatic rings. The van der Waals surface area contributed by atoms with Gasteiger partial charge >= 0.3 is 0 Å². The van der Waals surface area contributed by atoms with Crippen LogP contribution in [0.2, 0.25) is 0 Å². The molecule has 0 aliphatic carbocycles. The van der Waals surface area contributed by atoms with E-state index in [1.165, 1.54) is 44.1 Å².